The molecule has 0 radical (unpaired) electrons. The zero-order valence-corrected chi connectivity index (χ0v) is 13.8. The lowest BCUT2D eigenvalue weighted by Gasteiger charge is -2.32. The van der Waals surface area contributed by atoms with Crippen molar-refractivity contribution in [2.75, 3.05) is 42.6 Å². The molecule has 1 aromatic heterocycles. The van der Waals surface area contributed by atoms with Crippen molar-refractivity contribution in [3.63, 3.8) is 0 Å². The summed E-state index contributed by atoms with van der Waals surface area (Å²) in [6.07, 6.45) is 3.33. The lowest BCUT2D eigenvalue weighted by Crippen LogP contribution is -2.43. The number of hydrogen-bond donors (Lipinski definition) is 2. The highest BCUT2D eigenvalue weighted by Crippen LogP contribution is 2.23. The lowest BCUT2D eigenvalue weighted by molar-refractivity contribution is 0.296. The molecule has 1 aromatic rings. The van der Waals surface area contributed by atoms with Crippen molar-refractivity contribution in [1.29, 1.82) is 0 Å². The summed E-state index contributed by atoms with van der Waals surface area (Å²) in [7, 11) is 0. The first-order valence-electron chi connectivity index (χ1n) is 7.38. The molecule has 1 aliphatic rings. The Morgan fingerprint density at radius 2 is 2.25 bits per heavy atom. The highest BCUT2D eigenvalue weighted by atomic mass is 32.2. The Morgan fingerprint density at radius 3 is 2.90 bits per heavy atom. The minimum atomic E-state index is 0.315. The van der Waals surface area contributed by atoms with Gasteiger partial charge in [-0.15, -0.1) is 11.3 Å². The van der Waals surface area contributed by atoms with Crippen molar-refractivity contribution in [2.45, 2.75) is 32.2 Å². The summed E-state index contributed by atoms with van der Waals surface area (Å²) < 4.78 is 0. The summed E-state index contributed by atoms with van der Waals surface area (Å²) in [5, 5.41) is 15.7. The van der Waals surface area contributed by atoms with E-state index >= 15 is 0 Å². The number of aryl methyl sites for hydroxylation is 1. The summed E-state index contributed by atoms with van der Waals surface area (Å²) >= 11 is 3.68. The van der Waals surface area contributed by atoms with Crippen molar-refractivity contribution in [1.82, 2.24) is 10.3 Å². The predicted octanol–water partition coefficient (Wildman–Crippen LogP) is 2.13. The zero-order valence-electron chi connectivity index (χ0n) is 12.2. The number of aliphatic hydroxyl groups excluding tert-OH is 1. The summed E-state index contributed by atoms with van der Waals surface area (Å²) in [5.41, 5.74) is 1.13. The Labute approximate surface area is 130 Å². The van der Waals surface area contributed by atoms with Gasteiger partial charge in [0.05, 0.1) is 5.69 Å². The molecule has 0 unspecified atom stereocenters. The summed E-state index contributed by atoms with van der Waals surface area (Å²) in [5.74, 6) is 2.21. The van der Waals surface area contributed by atoms with E-state index in [2.05, 4.69) is 27.5 Å². The molecule has 2 heterocycles. The second-order valence-electron chi connectivity index (χ2n) is 5.18. The fraction of sp³-hybridized carbons (Fsp3) is 0.786. The van der Waals surface area contributed by atoms with E-state index in [0.29, 0.717) is 12.6 Å². The fourth-order valence-electron chi connectivity index (χ4n) is 2.37. The highest BCUT2D eigenvalue weighted by Gasteiger charge is 2.20. The van der Waals surface area contributed by atoms with Crippen LogP contribution >= 0.6 is 23.1 Å². The summed E-state index contributed by atoms with van der Waals surface area (Å²) in [6.45, 7) is 5.68. The van der Waals surface area contributed by atoms with E-state index in [1.54, 1.807) is 11.3 Å². The first-order valence-corrected chi connectivity index (χ1v) is 9.42. The molecule has 2 rings (SSSR count). The topological polar surface area (TPSA) is 48.4 Å². The molecule has 0 aromatic carbocycles. The summed E-state index contributed by atoms with van der Waals surface area (Å²) in [4.78, 5) is 6.97. The highest BCUT2D eigenvalue weighted by molar-refractivity contribution is 7.99. The van der Waals surface area contributed by atoms with Crippen molar-refractivity contribution < 1.29 is 5.11 Å². The molecule has 0 bridgehead atoms. The van der Waals surface area contributed by atoms with Gasteiger partial charge >= 0.3 is 0 Å². The third-order valence-corrected chi connectivity index (χ3v) is 5.59. The maximum Gasteiger partial charge on any atom is 0.185 e. The largest absolute Gasteiger partial charge is 0.396 e. The van der Waals surface area contributed by atoms with Gasteiger partial charge in [0.2, 0.25) is 0 Å². The van der Waals surface area contributed by atoms with Crippen LogP contribution in [0.4, 0.5) is 5.13 Å². The van der Waals surface area contributed by atoms with Crippen LogP contribution in [0.1, 0.15) is 25.0 Å². The number of nitrogens with one attached hydrogen (secondary N) is 1. The van der Waals surface area contributed by atoms with E-state index < -0.39 is 0 Å². The average molecular weight is 316 g/mol. The van der Waals surface area contributed by atoms with E-state index in [1.165, 1.54) is 18.0 Å². The molecule has 0 amide bonds. The van der Waals surface area contributed by atoms with Crippen LogP contribution in [0, 0.1) is 6.92 Å². The Bertz CT molecular complexity index is 378. The van der Waals surface area contributed by atoms with E-state index in [1.807, 2.05) is 11.8 Å². The number of piperidine rings is 1. The maximum absolute atomic E-state index is 8.71. The monoisotopic (exact) mass is 315 g/mol. The molecular weight excluding hydrogens is 290 g/mol. The van der Waals surface area contributed by atoms with Gasteiger partial charge in [0, 0.05) is 43.4 Å². The smallest absolute Gasteiger partial charge is 0.185 e. The molecule has 0 atom stereocenters. The third kappa shape index (κ3) is 5.24. The number of thioether (sulfide) groups is 1. The van der Waals surface area contributed by atoms with E-state index in [-0.39, 0.29) is 0 Å². The third-order valence-electron chi connectivity index (χ3n) is 3.50. The van der Waals surface area contributed by atoms with Crippen molar-refractivity contribution in [2.24, 2.45) is 0 Å². The molecule has 0 spiro atoms. The molecule has 4 nitrogen and oxygen atoms in total. The van der Waals surface area contributed by atoms with Crippen LogP contribution < -0.4 is 10.2 Å². The van der Waals surface area contributed by atoms with Crippen LogP contribution in [-0.2, 0) is 0 Å². The van der Waals surface area contributed by atoms with Crippen LogP contribution in [0.5, 0.6) is 0 Å². The predicted molar refractivity (Wildman–Crippen MR) is 89.1 cm³/mol. The van der Waals surface area contributed by atoms with Gasteiger partial charge in [0.1, 0.15) is 0 Å². The molecule has 0 aliphatic carbocycles. The molecule has 6 heteroatoms. The van der Waals surface area contributed by atoms with Crippen LogP contribution in [0.15, 0.2) is 5.38 Å². The van der Waals surface area contributed by atoms with E-state index in [0.717, 1.165) is 43.3 Å². The minimum absolute atomic E-state index is 0.315. The normalized spacial score (nSPS) is 16.8. The first-order chi connectivity index (χ1) is 9.79. The van der Waals surface area contributed by atoms with E-state index in [9.17, 15) is 0 Å². The number of nitrogens with zero attached hydrogens (tertiary/aromatic N) is 2. The van der Waals surface area contributed by atoms with Gasteiger partial charge in [-0.1, -0.05) is 0 Å². The Kier molecular flexibility index (Phi) is 7.13. The van der Waals surface area contributed by atoms with Gasteiger partial charge < -0.3 is 15.3 Å². The van der Waals surface area contributed by atoms with Gasteiger partial charge in [0.15, 0.2) is 5.13 Å². The molecule has 1 fully saturated rings. The number of anilines is 1. The van der Waals surface area contributed by atoms with Gasteiger partial charge in [-0.25, -0.2) is 4.98 Å². The summed E-state index contributed by atoms with van der Waals surface area (Å²) in [6, 6.07) is 0.658. The van der Waals surface area contributed by atoms with Crippen molar-refractivity contribution >= 4 is 28.2 Å². The molecule has 1 saturated heterocycles. The molecule has 0 saturated carbocycles. The van der Waals surface area contributed by atoms with Crippen molar-refractivity contribution in [3.05, 3.63) is 11.1 Å². The van der Waals surface area contributed by atoms with Gasteiger partial charge in [-0.2, -0.15) is 11.8 Å². The SMILES string of the molecule is Cc1csc(N2CCC(NCCSCCCO)CC2)n1. The van der Waals surface area contributed by atoms with Crippen LogP contribution in [-0.4, -0.2) is 53.9 Å². The number of aromatic nitrogens is 1. The molecule has 20 heavy (non-hydrogen) atoms. The zero-order chi connectivity index (χ0) is 14.2. The standard InChI is InChI=1S/C14H25N3OS2/c1-12-11-20-14(16-12)17-6-3-13(4-7-17)15-5-10-19-9-2-8-18/h11,13,15,18H,2-10H2,1H3. The molecular formula is C14H25N3OS2. The lowest BCUT2D eigenvalue weighted by atomic mass is 10.1. The Hall–Kier alpha value is -0.300. The maximum atomic E-state index is 8.71. The van der Waals surface area contributed by atoms with Gasteiger partial charge in [-0.05, 0) is 31.9 Å². The average Bonchev–Trinajstić information content (AvgIpc) is 2.90. The second kappa shape index (κ2) is 8.87. The van der Waals surface area contributed by atoms with Crippen LogP contribution in [0.2, 0.25) is 0 Å². The second-order valence-corrected chi connectivity index (χ2v) is 7.24. The number of hydrogen-bond acceptors (Lipinski definition) is 6. The fourth-order valence-corrected chi connectivity index (χ4v) is 4.02. The molecule has 2 N–H and O–H groups in total. The minimum Gasteiger partial charge on any atom is -0.396 e. The van der Waals surface area contributed by atoms with Gasteiger partial charge in [-0.3, -0.25) is 0 Å². The Balaban J connectivity index is 1.57. The number of aliphatic hydroxyl groups is 1. The van der Waals surface area contributed by atoms with Gasteiger partial charge in [0.25, 0.3) is 0 Å². The first kappa shape index (κ1) is 16.1. The quantitative estimate of drug-likeness (QED) is 0.720. The van der Waals surface area contributed by atoms with Crippen molar-refractivity contribution in [3.8, 4) is 0 Å². The molecule has 114 valence electrons. The van der Waals surface area contributed by atoms with E-state index in [4.69, 9.17) is 5.11 Å². The number of thiazole rings is 1. The van der Waals surface area contributed by atoms with Crippen LogP contribution in [0.25, 0.3) is 0 Å². The molecule has 1 aliphatic heterocycles. The Morgan fingerprint density at radius 1 is 1.45 bits per heavy atom. The number of rotatable bonds is 8. The van der Waals surface area contributed by atoms with Crippen LogP contribution in [0.3, 0.4) is 0 Å².